The molecule has 0 aromatic heterocycles. The van der Waals surface area contributed by atoms with Gasteiger partial charge in [0.25, 0.3) is 0 Å². The van der Waals surface area contributed by atoms with E-state index in [0.717, 1.165) is 24.5 Å². The molecule has 5 heteroatoms. The summed E-state index contributed by atoms with van der Waals surface area (Å²) < 4.78 is 10.2. The minimum absolute atomic E-state index is 0.0779. The quantitative estimate of drug-likeness (QED) is 0.778. The van der Waals surface area contributed by atoms with E-state index in [0.29, 0.717) is 13.2 Å². The first-order valence-electron chi connectivity index (χ1n) is 6.28. The lowest BCUT2D eigenvalue weighted by Crippen LogP contribution is -2.31. The molecule has 1 aromatic rings. The van der Waals surface area contributed by atoms with Crippen LogP contribution in [0.4, 0.5) is 11.4 Å². The highest BCUT2D eigenvalue weighted by Crippen LogP contribution is 2.25. The van der Waals surface area contributed by atoms with Crippen molar-refractivity contribution in [2.24, 2.45) is 0 Å². The molecule has 0 bridgehead atoms. The van der Waals surface area contributed by atoms with E-state index in [-0.39, 0.29) is 5.91 Å². The minimum atomic E-state index is -0.0779. The summed E-state index contributed by atoms with van der Waals surface area (Å²) in [6, 6.07) is 7.73. The standard InChI is InChI=1S/C14H22N2O3/c1-12(17)15-13-6-4-5-7-14(13)16(8-10-18-2)9-11-19-3/h4-7H,8-11H2,1-3H3,(H,15,17). The number of nitrogens with one attached hydrogen (secondary N) is 1. The van der Waals surface area contributed by atoms with Crippen molar-refractivity contribution in [2.75, 3.05) is 50.7 Å². The highest BCUT2D eigenvalue weighted by atomic mass is 16.5. The molecule has 106 valence electrons. The predicted octanol–water partition coefficient (Wildman–Crippen LogP) is 1.74. The third-order valence-electron chi connectivity index (χ3n) is 2.69. The maximum Gasteiger partial charge on any atom is 0.221 e. The number of carbonyl (C=O) groups excluding carboxylic acids is 1. The number of nitrogens with zero attached hydrogens (tertiary/aromatic N) is 1. The average molecular weight is 266 g/mol. The number of ether oxygens (including phenoxy) is 2. The number of benzene rings is 1. The van der Waals surface area contributed by atoms with Crippen LogP contribution in [0.2, 0.25) is 0 Å². The van der Waals surface area contributed by atoms with Crippen LogP contribution in [-0.2, 0) is 14.3 Å². The molecule has 1 N–H and O–H groups in total. The van der Waals surface area contributed by atoms with Crippen LogP contribution in [0, 0.1) is 0 Å². The SMILES string of the molecule is COCCN(CCOC)c1ccccc1NC(C)=O. The van der Waals surface area contributed by atoms with E-state index in [9.17, 15) is 4.79 Å². The first kappa shape index (κ1) is 15.5. The number of anilines is 2. The lowest BCUT2D eigenvalue weighted by Gasteiger charge is -2.26. The first-order chi connectivity index (χ1) is 9.19. The fraction of sp³-hybridized carbons (Fsp3) is 0.500. The molecule has 0 unspecified atom stereocenters. The molecule has 0 radical (unpaired) electrons. The van der Waals surface area contributed by atoms with Crippen LogP contribution >= 0.6 is 0 Å². The Labute approximate surface area is 114 Å². The van der Waals surface area contributed by atoms with Crippen molar-refractivity contribution in [3.8, 4) is 0 Å². The van der Waals surface area contributed by atoms with Crippen LogP contribution in [0.5, 0.6) is 0 Å². The average Bonchev–Trinajstić information content (AvgIpc) is 2.39. The van der Waals surface area contributed by atoms with Gasteiger partial charge in [-0.25, -0.2) is 0 Å². The van der Waals surface area contributed by atoms with Gasteiger partial charge < -0.3 is 19.7 Å². The summed E-state index contributed by atoms with van der Waals surface area (Å²) in [4.78, 5) is 13.4. The number of hydrogen-bond acceptors (Lipinski definition) is 4. The van der Waals surface area contributed by atoms with E-state index < -0.39 is 0 Å². The van der Waals surface area contributed by atoms with Crippen LogP contribution in [0.1, 0.15) is 6.92 Å². The van der Waals surface area contributed by atoms with Crippen LogP contribution in [0.3, 0.4) is 0 Å². The van der Waals surface area contributed by atoms with Gasteiger partial charge in [0.1, 0.15) is 0 Å². The van der Waals surface area contributed by atoms with Crippen LogP contribution < -0.4 is 10.2 Å². The minimum Gasteiger partial charge on any atom is -0.383 e. The van der Waals surface area contributed by atoms with E-state index in [1.807, 2.05) is 24.3 Å². The summed E-state index contributed by atoms with van der Waals surface area (Å²) in [7, 11) is 3.35. The highest BCUT2D eigenvalue weighted by Gasteiger charge is 2.11. The van der Waals surface area contributed by atoms with Crippen molar-refractivity contribution >= 4 is 17.3 Å². The van der Waals surface area contributed by atoms with E-state index >= 15 is 0 Å². The van der Waals surface area contributed by atoms with Gasteiger partial charge in [-0.2, -0.15) is 0 Å². The van der Waals surface area contributed by atoms with Gasteiger partial charge in [0.15, 0.2) is 0 Å². The first-order valence-corrected chi connectivity index (χ1v) is 6.28. The molecule has 5 nitrogen and oxygen atoms in total. The maximum absolute atomic E-state index is 11.2. The Kier molecular flexibility index (Phi) is 6.92. The molecule has 1 amide bonds. The number of para-hydroxylation sites is 2. The number of methoxy groups -OCH3 is 2. The summed E-state index contributed by atoms with van der Waals surface area (Å²) in [5, 5.41) is 2.84. The van der Waals surface area contributed by atoms with Gasteiger partial charge in [0.2, 0.25) is 5.91 Å². The number of amides is 1. The van der Waals surface area contributed by atoms with Gasteiger partial charge >= 0.3 is 0 Å². The predicted molar refractivity (Wildman–Crippen MR) is 76.7 cm³/mol. The summed E-state index contributed by atoms with van der Waals surface area (Å²) >= 11 is 0. The fourth-order valence-corrected chi connectivity index (χ4v) is 1.80. The van der Waals surface area contributed by atoms with Gasteiger partial charge in [-0.05, 0) is 12.1 Å². The monoisotopic (exact) mass is 266 g/mol. The lowest BCUT2D eigenvalue weighted by molar-refractivity contribution is -0.114. The van der Waals surface area contributed by atoms with Crippen molar-refractivity contribution in [1.82, 2.24) is 0 Å². The second kappa shape index (κ2) is 8.50. The molecule has 0 spiro atoms. The summed E-state index contributed by atoms with van der Waals surface area (Å²) in [5.74, 6) is -0.0779. The van der Waals surface area contributed by atoms with Gasteiger partial charge in [-0.15, -0.1) is 0 Å². The molecule has 0 atom stereocenters. The summed E-state index contributed by atoms with van der Waals surface area (Å²) in [6.07, 6.45) is 0. The Balaban J connectivity index is 2.88. The Hall–Kier alpha value is -1.59. The number of hydrogen-bond donors (Lipinski definition) is 1. The molecule has 0 saturated heterocycles. The molecule has 19 heavy (non-hydrogen) atoms. The van der Waals surface area contributed by atoms with Gasteiger partial charge in [0.05, 0.1) is 24.6 Å². The Morgan fingerprint density at radius 3 is 2.26 bits per heavy atom. The van der Waals surface area contributed by atoms with Crippen molar-refractivity contribution in [3.63, 3.8) is 0 Å². The van der Waals surface area contributed by atoms with Crippen LogP contribution in [0.15, 0.2) is 24.3 Å². The van der Waals surface area contributed by atoms with E-state index in [1.165, 1.54) is 6.92 Å². The summed E-state index contributed by atoms with van der Waals surface area (Å²) in [6.45, 7) is 4.24. The largest absolute Gasteiger partial charge is 0.383 e. The smallest absolute Gasteiger partial charge is 0.221 e. The highest BCUT2D eigenvalue weighted by molar-refractivity contribution is 5.92. The third kappa shape index (κ3) is 5.28. The second-order valence-electron chi connectivity index (χ2n) is 4.17. The molecule has 0 saturated carbocycles. The van der Waals surface area contributed by atoms with E-state index in [2.05, 4.69) is 10.2 Å². The Morgan fingerprint density at radius 2 is 1.74 bits per heavy atom. The molecular weight excluding hydrogens is 244 g/mol. The zero-order valence-electron chi connectivity index (χ0n) is 11.8. The Morgan fingerprint density at radius 1 is 1.16 bits per heavy atom. The molecule has 0 aliphatic carbocycles. The molecule has 0 aliphatic rings. The van der Waals surface area contributed by atoms with E-state index in [1.54, 1.807) is 14.2 Å². The summed E-state index contributed by atoms with van der Waals surface area (Å²) in [5.41, 5.74) is 1.79. The van der Waals surface area contributed by atoms with Crippen molar-refractivity contribution < 1.29 is 14.3 Å². The number of carbonyl (C=O) groups is 1. The van der Waals surface area contributed by atoms with Crippen molar-refractivity contribution in [3.05, 3.63) is 24.3 Å². The van der Waals surface area contributed by atoms with Gasteiger partial charge in [-0.3, -0.25) is 4.79 Å². The Bertz CT molecular complexity index is 388. The van der Waals surface area contributed by atoms with Crippen molar-refractivity contribution in [2.45, 2.75) is 6.92 Å². The zero-order valence-corrected chi connectivity index (χ0v) is 11.8. The van der Waals surface area contributed by atoms with Gasteiger partial charge in [-0.1, -0.05) is 12.1 Å². The fourth-order valence-electron chi connectivity index (χ4n) is 1.80. The maximum atomic E-state index is 11.2. The lowest BCUT2D eigenvalue weighted by atomic mass is 10.2. The molecule has 1 aromatic carbocycles. The van der Waals surface area contributed by atoms with Gasteiger partial charge in [0, 0.05) is 34.2 Å². The number of rotatable bonds is 8. The molecule has 0 fully saturated rings. The molecular formula is C14H22N2O3. The topological polar surface area (TPSA) is 50.8 Å². The molecule has 0 aliphatic heterocycles. The van der Waals surface area contributed by atoms with E-state index in [4.69, 9.17) is 9.47 Å². The molecule has 1 rings (SSSR count). The van der Waals surface area contributed by atoms with Crippen LogP contribution in [-0.4, -0.2) is 46.4 Å². The normalized spacial score (nSPS) is 10.3. The zero-order chi connectivity index (χ0) is 14.1. The molecule has 0 heterocycles. The second-order valence-corrected chi connectivity index (χ2v) is 4.17. The third-order valence-corrected chi connectivity index (χ3v) is 2.69. The van der Waals surface area contributed by atoms with Crippen molar-refractivity contribution in [1.29, 1.82) is 0 Å². The van der Waals surface area contributed by atoms with Crippen LogP contribution in [0.25, 0.3) is 0 Å².